The molecule has 1 aromatic carbocycles. The first-order valence-corrected chi connectivity index (χ1v) is 8.43. The Balaban J connectivity index is 1.50. The van der Waals surface area contributed by atoms with E-state index in [4.69, 9.17) is 0 Å². The van der Waals surface area contributed by atoms with Crippen molar-refractivity contribution < 1.29 is 0 Å². The summed E-state index contributed by atoms with van der Waals surface area (Å²) < 4.78 is 0. The monoisotopic (exact) mass is 284 g/mol. The van der Waals surface area contributed by atoms with Crippen molar-refractivity contribution in [1.82, 2.24) is 4.90 Å². The maximum atomic E-state index is 3.49. The van der Waals surface area contributed by atoms with Gasteiger partial charge >= 0.3 is 0 Å². The Morgan fingerprint density at radius 3 is 2.85 bits per heavy atom. The summed E-state index contributed by atoms with van der Waals surface area (Å²) in [7, 11) is 0. The summed E-state index contributed by atoms with van der Waals surface area (Å²) in [5.41, 5.74) is 5.74. The van der Waals surface area contributed by atoms with Crippen LogP contribution in [0.4, 0.5) is 5.69 Å². The number of nitrogens with zero attached hydrogens (tertiary/aromatic N) is 1. The van der Waals surface area contributed by atoms with Gasteiger partial charge in [-0.05, 0) is 58.8 Å². The Labute approximate surface area is 124 Å². The highest BCUT2D eigenvalue weighted by Gasteiger charge is 2.29. The zero-order valence-electron chi connectivity index (χ0n) is 11.6. The van der Waals surface area contributed by atoms with Gasteiger partial charge in [0.1, 0.15) is 0 Å². The maximum absolute atomic E-state index is 3.49. The fourth-order valence-electron chi connectivity index (χ4n) is 3.04. The standard InChI is InChI=1S/C17H20N2S/c1-2-15-5-7-18-17(15)9-13(1)10-19(16-3-4-16)11-14-6-8-20-12-14/h1-2,6,8-9,12,16,18H,3-5,7,10-11H2. The van der Waals surface area contributed by atoms with Crippen LogP contribution in [0.1, 0.15) is 29.5 Å². The largest absolute Gasteiger partial charge is 0.384 e. The van der Waals surface area contributed by atoms with Crippen LogP contribution in [-0.4, -0.2) is 17.5 Å². The first-order chi connectivity index (χ1) is 9.88. The Hall–Kier alpha value is -1.32. The molecule has 0 spiro atoms. The molecule has 1 aliphatic heterocycles. The number of anilines is 1. The highest BCUT2D eigenvalue weighted by molar-refractivity contribution is 7.07. The molecular weight excluding hydrogens is 264 g/mol. The van der Waals surface area contributed by atoms with E-state index in [0.29, 0.717) is 0 Å². The van der Waals surface area contributed by atoms with Crippen LogP contribution in [-0.2, 0) is 19.5 Å². The predicted molar refractivity (Wildman–Crippen MR) is 85.2 cm³/mol. The molecular formula is C17H20N2S. The first-order valence-electron chi connectivity index (χ1n) is 7.49. The first kappa shape index (κ1) is 12.4. The summed E-state index contributed by atoms with van der Waals surface area (Å²) in [5.74, 6) is 0. The number of thiophene rings is 1. The van der Waals surface area contributed by atoms with Gasteiger partial charge in [0.2, 0.25) is 0 Å². The zero-order chi connectivity index (χ0) is 13.4. The molecule has 20 heavy (non-hydrogen) atoms. The van der Waals surface area contributed by atoms with E-state index in [1.807, 2.05) is 0 Å². The highest BCUT2D eigenvalue weighted by Crippen LogP contribution is 2.31. The molecule has 2 aliphatic rings. The molecule has 2 heterocycles. The smallest absolute Gasteiger partial charge is 0.0376 e. The molecule has 0 unspecified atom stereocenters. The van der Waals surface area contributed by atoms with Gasteiger partial charge in [-0.2, -0.15) is 11.3 Å². The normalized spacial score (nSPS) is 17.2. The fraction of sp³-hybridized carbons (Fsp3) is 0.412. The van der Waals surface area contributed by atoms with Gasteiger partial charge in [-0.3, -0.25) is 4.90 Å². The lowest BCUT2D eigenvalue weighted by Crippen LogP contribution is -2.24. The molecule has 4 rings (SSSR count). The van der Waals surface area contributed by atoms with Crippen LogP contribution >= 0.6 is 11.3 Å². The van der Waals surface area contributed by atoms with Crippen LogP contribution in [0, 0.1) is 0 Å². The molecule has 104 valence electrons. The molecule has 0 atom stereocenters. The van der Waals surface area contributed by atoms with E-state index in [0.717, 1.165) is 25.7 Å². The van der Waals surface area contributed by atoms with E-state index in [-0.39, 0.29) is 0 Å². The van der Waals surface area contributed by atoms with Crippen LogP contribution in [0.5, 0.6) is 0 Å². The number of benzene rings is 1. The third-order valence-corrected chi connectivity index (χ3v) is 5.03. The van der Waals surface area contributed by atoms with Crippen molar-refractivity contribution in [3.63, 3.8) is 0 Å². The molecule has 1 aromatic heterocycles. The van der Waals surface area contributed by atoms with Crippen LogP contribution in [0.15, 0.2) is 35.0 Å². The van der Waals surface area contributed by atoms with Gasteiger partial charge < -0.3 is 5.32 Å². The summed E-state index contributed by atoms with van der Waals surface area (Å²) in [6.45, 7) is 3.27. The van der Waals surface area contributed by atoms with Crippen molar-refractivity contribution in [3.8, 4) is 0 Å². The lowest BCUT2D eigenvalue weighted by molar-refractivity contribution is 0.246. The van der Waals surface area contributed by atoms with Crippen molar-refractivity contribution in [2.24, 2.45) is 0 Å². The van der Waals surface area contributed by atoms with Crippen molar-refractivity contribution in [3.05, 3.63) is 51.7 Å². The Bertz CT molecular complexity index is 587. The quantitative estimate of drug-likeness (QED) is 0.896. The van der Waals surface area contributed by atoms with Crippen LogP contribution < -0.4 is 5.32 Å². The zero-order valence-corrected chi connectivity index (χ0v) is 12.5. The summed E-state index contributed by atoms with van der Waals surface area (Å²) >= 11 is 1.80. The Kier molecular flexibility index (Phi) is 3.25. The number of hydrogen-bond donors (Lipinski definition) is 1. The van der Waals surface area contributed by atoms with Crippen LogP contribution in [0.3, 0.4) is 0 Å². The summed E-state index contributed by atoms with van der Waals surface area (Å²) in [6, 6.07) is 10.0. The third kappa shape index (κ3) is 2.60. The minimum absolute atomic E-state index is 0.802. The number of nitrogens with one attached hydrogen (secondary N) is 1. The van der Waals surface area contributed by atoms with E-state index < -0.39 is 0 Å². The van der Waals surface area contributed by atoms with Gasteiger partial charge in [-0.25, -0.2) is 0 Å². The molecule has 1 N–H and O–H groups in total. The van der Waals surface area contributed by atoms with Gasteiger partial charge in [0, 0.05) is 31.4 Å². The van der Waals surface area contributed by atoms with E-state index in [1.54, 1.807) is 11.3 Å². The van der Waals surface area contributed by atoms with Gasteiger partial charge in [-0.1, -0.05) is 12.1 Å². The average Bonchev–Trinajstić information content (AvgIpc) is 2.99. The number of fused-ring (bicyclic) bond motifs is 1. The molecule has 3 heteroatoms. The predicted octanol–water partition coefficient (Wildman–Crippen LogP) is 3.88. The summed E-state index contributed by atoms with van der Waals surface area (Å²) in [5, 5.41) is 7.95. The van der Waals surface area contributed by atoms with E-state index in [2.05, 4.69) is 45.2 Å². The molecule has 1 fully saturated rings. The lowest BCUT2D eigenvalue weighted by atomic mass is 10.1. The average molecular weight is 284 g/mol. The van der Waals surface area contributed by atoms with Crippen molar-refractivity contribution in [2.75, 3.05) is 11.9 Å². The molecule has 0 radical (unpaired) electrons. The van der Waals surface area contributed by atoms with Gasteiger partial charge in [0.25, 0.3) is 0 Å². The summed E-state index contributed by atoms with van der Waals surface area (Å²) in [4.78, 5) is 2.64. The highest BCUT2D eigenvalue weighted by atomic mass is 32.1. The van der Waals surface area contributed by atoms with Crippen molar-refractivity contribution in [2.45, 2.75) is 38.4 Å². The second kappa shape index (κ2) is 5.23. The Morgan fingerprint density at radius 1 is 1.15 bits per heavy atom. The maximum Gasteiger partial charge on any atom is 0.0376 e. The second-order valence-electron chi connectivity index (χ2n) is 5.94. The molecule has 1 aliphatic carbocycles. The molecule has 0 amide bonds. The fourth-order valence-corrected chi connectivity index (χ4v) is 3.70. The van der Waals surface area contributed by atoms with Gasteiger partial charge in [0.15, 0.2) is 0 Å². The Morgan fingerprint density at radius 2 is 2.05 bits per heavy atom. The second-order valence-corrected chi connectivity index (χ2v) is 6.72. The minimum Gasteiger partial charge on any atom is -0.384 e. The molecule has 1 saturated carbocycles. The summed E-state index contributed by atoms with van der Waals surface area (Å²) in [6.07, 6.45) is 3.91. The minimum atomic E-state index is 0.802. The van der Waals surface area contributed by atoms with E-state index in [1.165, 1.54) is 41.6 Å². The lowest BCUT2D eigenvalue weighted by Gasteiger charge is -2.22. The van der Waals surface area contributed by atoms with Crippen LogP contribution in [0.2, 0.25) is 0 Å². The molecule has 0 bridgehead atoms. The topological polar surface area (TPSA) is 15.3 Å². The van der Waals surface area contributed by atoms with Crippen molar-refractivity contribution in [1.29, 1.82) is 0 Å². The molecule has 2 nitrogen and oxygen atoms in total. The third-order valence-electron chi connectivity index (χ3n) is 4.30. The van der Waals surface area contributed by atoms with Crippen LogP contribution in [0.25, 0.3) is 0 Å². The number of hydrogen-bond acceptors (Lipinski definition) is 3. The van der Waals surface area contributed by atoms with Crippen molar-refractivity contribution >= 4 is 17.0 Å². The SMILES string of the molecule is c1cc(CN(Cc2ccc3c(c2)NCC3)C2CC2)cs1. The number of rotatable bonds is 5. The molecule has 0 saturated heterocycles. The van der Waals surface area contributed by atoms with Gasteiger partial charge in [-0.15, -0.1) is 0 Å². The molecule has 2 aromatic rings. The van der Waals surface area contributed by atoms with Gasteiger partial charge in [0.05, 0.1) is 0 Å². The van der Waals surface area contributed by atoms with E-state index in [9.17, 15) is 0 Å². The van der Waals surface area contributed by atoms with E-state index >= 15 is 0 Å².